The lowest BCUT2D eigenvalue weighted by molar-refractivity contribution is 0.0962. The fraction of sp³-hybridized carbons (Fsp3) is 0. The molecule has 3 N–H and O–H groups in total. The number of H-pyrrole nitrogens is 1. The summed E-state index contributed by atoms with van der Waals surface area (Å²) in [4.78, 5) is 11.5. The van der Waals surface area contributed by atoms with Crippen LogP contribution in [0.15, 0.2) is 30.3 Å². The molecule has 0 saturated heterocycles. The summed E-state index contributed by atoms with van der Waals surface area (Å²) in [6, 6.07) is 8.80. The molecule has 0 aliphatic heterocycles. The summed E-state index contributed by atoms with van der Waals surface area (Å²) in [7, 11) is 0. The average molecular weight is 204 g/mol. The highest BCUT2D eigenvalue weighted by Gasteiger charge is 2.04. The van der Waals surface area contributed by atoms with Gasteiger partial charge in [-0.2, -0.15) is 5.21 Å². The molecule has 0 aliphatic rings. The van der Waals surface area contributed by atoms with Gasteiger partial charge in [-0.15, -0.1) is 5.10 Å². The lowest BCUT2D eigenvalue weighted by atomic mass is 10.2. The Balaban J connectivity index is 1.94. The standard InChI is InChI=1S/C8H8N6O/c15-7(6-4-2-1-3-5-6)9-10-8-11-13-14-12-8/h1-5H,(H,9,15)(H2,10,11,12,13,14). The van der Waals surface area contributed by atoms with Gasteiger partial charge in [-0.05, 0) is 17.3 Å². The van der Waals surface area contributed by atoms with Crippen molar-refractivity contribution in [2.45, 2.75) is 0 Å². The summed E-state index contributed by atoms with van der Waals surface area (Å²) in [6.07, 6.45) is 0. The van der Waals surface area contributed by atoms with Gasteiger partial charge in [0.25, 0.3) is 11.9 Å². The number of amides is 1. The molecule has 2 aromatic rings. The first-order valence-corrected chi connectivity index (χ1v) is 4.21. The van der Waals surface area contributed by atoms with Crippen molar-refractivity contribution in [1.82, 2.24) is 26.0 Å². The Hall–Kier alpha value is -2.44. The molecule has 2 rings (SSSR count). The first kappa shape index (κ1) is 9.13. The first-order valence-electron chi connectivity index (χ1n) is 4.21. The number of hydrogen-bond acceptors (Lipinski definition) is 5. The third kappa shape index (κ3) is 2.27. The number of carbonyl (C=O) groups excluding carboxylic acids is 1. The summed E-state index contributed by atoms with van der Waals surface area (Å²) < 4.78 is 0. The number of hydrazine groups is 1. The zero-order valence-corrected chi connectivity index (χ0v) is 7.64. The van der Waals surface area contributed by atoms with Gasteiger partial charge in [0.2, 0.25) is 0 Å². The first-order chi connectivity index (χ1) is 7.36. The predicted octanol–water partition coefficient (Wildman–Crippen LogP) is -0.0434. The van der Waals surface area contributed by atoms with Crippen LogP contribution in [-0.4, -0.2) is 26.5 Å². The van der Waals surface area contributed by atoms with Crippen LogP contribution >= 0.6 is 0 Å². The van der Waals surface area contributed by atoms with Gasteiger partial charge in [0.15, 0.2) is 0 Å². The van der Waals surface area contributed by atoms with Gasteiger partial charge in [0.1, 0.15) is 0 Å². The van der Waals surface area contributed by atoms with E-state index in [1.165, 1.54) is 0 Å². The number of rotatable bonds is 3. The quantitative estimate of drug-likeness (QED) is 0.609. The second-order valence-corrected chi connectivity index (χ2v) is 2.68. The van der Waals surface area contributed by atoms with Crippen molar-refractivity contribution >= 4 is 11.9 Å². The zero-order valence-electron chi connectivity index (χ0n) is 7.64. The highest BCUT2D eigenvalue weighted by atomic mass is 16.2. The van der Waals surface area contributed by atoms with E-state index in [1.54, 1.807) is 24.3 Å². The van der Waals surface area contributed by atoms with Crippen molar-refractivity contribution in [3.8, 4) is 0 Å². The summed E-state index contributed by atoms with van der Waals surface area (Å²) in [5.41, 5.74) is 5.48. The fourth-order valence-electron chi connectivity index (χ4n) is 0.989. The predicted molar refractivity (Wildman–Crippen MR) is 51.7 cm³/mol. The van der Waals surface area contributed by atoms with Crippen LogP contribution < -0.4 is 10.9 Å². The van der Waals surface area contributed by atoms with E-state index < -0.39 is 0 Å². The van der Waals surface area contributed by atoms with Crippen LogP contribution in [-0.2, 0) is 0 Å². The van der Waals surface area contributed by atoms with Crippen LogP contribution in [0.3, 0.4) is 0 Å². The monoisotopic (exact) mass is 204 g/mol. The molecule has 1 heterocycles. The van der Waals surface area contributed by atoms with Crippen LogP contribution in [0.5, 0.6) is 0 Å². The number of carbonyl (C=O) groups is 1. The van der Waals surface area contributed by atoms with E-state index in [4.69, 9.17) is 0 Å². The molecule has 1 amide bonds. The van der Waals surface area contributed by atoms with E-state index in [2.05, 4.69) is 31.5 Å². The number of aromatic amines is 1. The minimum Gasteiger partial charge on any atom is -0.267 e. The number of nitrogens with zero attached hydrogens (tertiary/aromatic N) is 3. The van der Waals surface area contributed by atoms with Crippen molar-refractivity contribution in [1.29, 1.82) is 0 Å². The molecule has 76 valence electrons. The Morgan fingerprint density at radius 1 is 1.27 bits per heavy atom. The third-order valence-electron chi connectivity index (χ3n) is 1.67. The summed E-state index contributed by atoms with van der Waals surface area (Å²) in [5, 5.41) is 12.8. The van der Waals surface area contributed by atoms with Crippen molar-refractivity contribution in [3.05, 3.63) is 35.9 Å². The van der Waals surface area contributed by atoms with Gasteiger partial charge in [0, 0.05) is 5.56 Å². The Morgan fingerprint density at radius 3 is 2.73 bits per heavy atom. The Kier molecular flexibility index (Phi) is 2.54. The molecule has 0 unspecified atom stereocenters. The summed E-state index contributed by atoms with van der Waals surface area (Å²) in [6.45, 7) is 0. The number of nitrogens with one attached hydrogen (secondary N) is 3. The maximum Gasteiger partial charge on any atom is 0.281 e. The van der Waals surface area contributed by atoms with Crippen molar-refractivity contribution < 1.29 is 4.79 Å². The highest BCUT2D eigenvalue weighted by molar-refractivity contribution is 5.94. The molecule has 0 fully saturated rings. The maximum atomic E-state index is 11.5. The average Bonchev–Trinajstić information content (AvgIpc) is 2.80. The minimum absolute atomic E-state index is 0.208. The molecular formula is C8H8N6O. The molecule has 7 nitrogen and oxygen atoms in total. The van der Waals surface area contributed by atoms with Crippen molar-refractivity contribution in [2.75, 3.05) is 5.43 Å². The smallest absolute Gasteiger partial charge is 0.267 e. The van der Waals surface area contributed by atoms with E-state index in [1.807, 2.05) is 6.07 Å². The molecule has 1 aromatic carbocycles. The Morgan fingerprint density at radius 2 is 2.07 bits per heavy atom. The number of anilines is 1. The van der Waals surface area contributed by atoms with Crippen LogP contribution in [0, 0.1) is 0 Å². The number of aromatic nitrogens is 4. The van der Waals surface area contributed by atoms with E-state index in [9.17, 15) is 4.79 Å². The molecule has 7 heteroatoms. The maximum absolute atomic E-state index is 11.5. The molecule has 0 atom stereocenters. The molecule has 0 spiro atoms. The number of hydrogen-bond donors (Lipinski definition) is 3. The fourth-order valence-corrected chi connectivity index (χ4v) is 0.989. The molecule has 0 bridgehead atoms. The molecule has 0 radical (unpaired) electrons. The molecular weight excluding hydrogens is 196 g/mol. The Labute approximate surface area is 84.9 Å². The van der Waals surface area contributed by atoms with Gasteiger partial charge in [-0.25, -0.2) is 0 Å². The van der Waals surface area contributed by atoms with Crippen LogP contribution in [0.2, 0.25) is 0 Å². The van der Waals surface area contributed by atoms with E-state index in [0.29, 0.717) is 5.56 Å². The summed E-state index contributed by atoms with van der Waals surface area (Å²) >= 11 is 0. The lowest BCUT2D eigenvalue weighted by Crippen LogP contribution is -2.29. The molecule has 15 heavy (non-hydrogen) atoms. The number of tetrazole rings is 1. The van der Waals surface area contributed by atoms with Crippen molar-refractivity contribution in [3.63, 3.8) is 0 Å². The minimum atomic E-state index is -0.264. The largest absolute Gasteiger partial charge is 0.281 e. The number of benzene rings is 1. The van der Waals surface area contributed by atoms with Crippen LogP contribution in [0.25, 0.3) is 0 Å². The van der Waals surface area contributed by atoms with Gasteiger partial charge in [-0.1, -0.05) is 23.3 Å². The third-order valence-corrected chi connectivity index (χ3v) is 1.67. The van der Waals surface area contributed by atoms with Gasteiger partial charge >= 0.3 is 0 Å². The van der Waals surface area contributed by atoms with E-state index >= 15 is 0 Å². The zero-order chi connectivity index (χ0) is 10.5. The van der Waals surface area contributed by atoms with Gasteiger partial charge in [0.05, 0.1) is 0 Å². The lowest BCUT2D eigenvalue weighted by Gasteiger charge is -2.03. The highest BCUT2D eigenvalue weighted by Crippen LogP contribution is 1.97. The summed E-state index contributed by atoms with van der Waals surface area (Å²) in [5.74, 6) is -0.0559. The van der Waals surface area contributed by atoms with Crippen molar-refractivity contribution in [2.24, 2.45) is 0 Å². The second kappa shape index (κ2) is 4.18. The van der Waals surface area contributed by atoms with E-state index in [0.717, 1.165) is 0 Å². The second-order valence-electron chi connectivity index (χ2n) is 2.68. The van der Waals surface area contributed by atoms with E-state index in [-0.39, 0.29) is 11.9 Å². The molecule has 0 aliphatic carbocycles. The molecule has 1 aromatic heterocycles. The Bertz CT molecular complexity index is 426. The van der Waals surface area contributed by atoms with Gasteiger partial charge < -0.3 is 0 Å². The molecule has 0 saturated carbocycles. The van der Waals surface area contributed by atoms with Crippen LogP contribution in [0.4, 0.5) is 5.95 Å². The topological polar surface area (TPSA) is 95.6 Å². The van der Waals surface area contributed by atoms with Gasteiger partial charge in [-0.3, -0.25) is 15.6 Å². The SMILES string of the molecule is O=C(NNc1nn[nH]n1)c1ccccc1. The van der Waals surface area contributed by atoms with Crippen LogP contribution in [0.1, 0.15) is 10.4 Å². The normalized spacial score (nSPS) is 9.60.